The molecular formula is C32H28FN5O6. The van der Waals surface area contributed by atoms with E-state index in [9.17, 15) is 23.6 Å². The van der Waals surface area contributed by atoms with Crippen LogP contribution in [0.1, 0.15) is 71.6 Å². The van der Waals surface area contributed by atoms with Crippen LogP contribution in [0.4, 0.5) is 4.39 Å². The minimum absolute atomic E-state index is 0.0326. The summed E-state index contributed by atoms with van der Waals surface area (Å²) < 4.78 is 26.3. The van der Waals surface area contributed by atoms with Gasteiger partial charge >= 0.3 is 5.97 Å². The molecule has 2 aromatic heterocycles. The first-order valence-corrected chi connectivity index (χ1v) is 14.0. The molecule has 0 saturated heterocycles. The van der Waals surface area contributed by atoms with Crippen LogP contribution in [-0.2, 0) is 28.9 Å². The molecule has 2 aromatic carbocycles. The van der Waals surface area contributed by atoms with Gasteiger partial charge in [0.25, 0.3) is 11.8 Å². The Morgan fingerprint density at radius 1 is 1.20 bits per heavy atom. The van der Waals surface area contributed by atoms with Gasteiger partial charge in [-0.2, -0.15) is 5.10 Å². The topological polar surface area (TPSA) is 141 Å². The summed E-state index contributed by atoms with van der Waals surface area (Å²) in [6.07, 6.45) is 3.89. The second-order valence-corrected chi connectivity index (χ2v) is 10.6. The molecule has 6 rings (SSSR count). The highest BCUT2D eigenvalue weighted by Gasteiger charge is 2.29. The molecule has 1 aliphatic carbocycles. The van der Waals surface area contributed by atoms with Gasteiger partial charge in [-0.05, 0) is 60.2 Å². The number of esters is 1. The van der Waals surface area contributed by atoms with Crippen molar-refractivity contribution in [2.24, 2.45) is 0 Å². The molecule has 0 bridgehead atoms. The number of carbonyl (C=O) groups excluding carboxylic acids is 4. The molecule has 1 aliphatic heterocycles. The number of Topliss-reactive ketones (excluding diaryl/α,β-unsaturated/α-hetero) is 1. The summed E-state index contributed by atoms with van der Waals surface area (Å²) in [5, 5.41) is 9.67. The second-order valence-electron chi connectivity index (χ2n) is 10.6. The van der Waals surface area contributed by atoms with Crippen LogP contribution in [0.15, 0.2) is 55.3 Å². The number of fused-ring (bicyclic) bond motifs is 3. The maximum absolute atomic E-state index is 14.6. The number of aromatic nitrogens is 3. The summed E-state index contributed by atoms with van der Waals surface area (Å²) in [5.74, 6) is -1.83. The lowest BCUT2D eigenvalue weighted by molar-refractivity contribution is -0.121. The van der Waals surface area contributed by atoms with E-state index in [1.54, 1.807) is 30.3 Å². The van der Waals surface area contributed by atoms with Crippen LogP contribution in [0.25, 0.3) is 5.65 Å². The molecule has 0 saturated carbocycles. The molecule has 44 heavy (non-hydrogen) atoms. The normalized spacial score (nSPS) is 15.2. The third-order valence-electron chi connectivity index (χ3n) is 7.80. The van der Waals surface area contributed by atoms with Crippen LogP contribution in [0.5, 0.6) is 5.75 Å². The van der Waals surface area contributed by atoms with Crippen molar-refractivity contribution in [3.05, 3.63) is 106 Å². The van der Waals surface area contributed by atoms with Gasteiger partial charge < -0.3 is 20.1 Å². The van der Waals surface area contributed by atoms with Crippen LogP contribution in [-0.4, -0.2) is 51.4 Å². The average molecular weight is 598 g/mol. The van der Waals surface area contributed by atoms with E-state index in [0.717, 1.165) is 38.5 Å². The zero-order valence-corrected chi connectivity index (χ0v) is 23.8. The second kappa shape index (κ2) is 11.7. The summed E-state index contributed by atoms with van der Waals surface area (Å²) >= 11 is 0. The van der Waals surface area contributed by atoms with E-state index in [4.69, 9.17) is 9.47 Å². The van der Waals surface area contributed by atoms with E-state index in [0.29, 0.717) is 24.2 Å². The molecule has 11 nitrogen and oxygen atoms in total. The first kappa shape index (κ1) is 28.7. The van der Waals surface area contributed by atoms with E-state index in [1.165, 1.54) is 12.1 Å². The Bertz CT molecular complexity index is 1870. The zero-order chi connectivity index (χ0) is 31.0. The maximum Gasteiger partial charge on any atom is 0.338 e. The highest BCUT2D eigenvalue weighted by Crippen LogP contribution is 2.35. The van der Waals surface area contributed by atoms with Crippen molar-refractivity contribution in [1.29, 1.82) is 0 Å². The molecule has 2 amide bonds. The molecule has 224 valence electrons. The van der Waals surface area contributed by atoms with Gasteiger partial charge in [0, 0.05) is 24.6 Å². The molecule has 2 aliphatic rings. The minimum atomic E-state index is -0.786. The molecule has 0 unspecified atom stereocenters. The van der Waals surface area contributed by atoms with Gasteiger partial charge in [-0.25, -0.2) is 18.7 Å². The number of carbonyl (C=O) groups is 4. The van der Waals surface area contributed by atoms with Crippen molar-refractivity contribution >= 4 is 29.2 Å². The Kier molecular flexibility index (Phi) is 7.64. The number of halogens is 1. The van der Waals surface area contributed by atoms with E-state index < -0.39 is 23.6 Å². The largest absolute Gasteiger partial charge is 0.486 e. The molecule has 3 heterocycles. The summed E-state index contributed by atoms with van der Waals surface area (Å²) in [4.78, 5) is 55.0. The Labute approximate surface area is 251 Å². The molecular weight excluding hydrogens is 569 g/mol. The van der Waals surface area contributed by atoms with Crippen LogP contribution in [0.2, 0.25) is 0 Å². The van der Waals surface area contributed by atoms with Crippen molar-refractivity contribution in [2.75, 3.05) is 13.2 Å². The van der Waals surface area contributed by atoms with Crippen molar-refractivity contribution in [1.82, 2.24) is 25.2 Å². The first-order chi connectivity index (χ1) is 21.2. The predicted molar refractivity (Wildman–Crippen MR) is 155 cm³/mol. The number of benzene rings is 2. The SMILES string of the molecule is C=CCOC(=O)c1ccc2c(c1C)CC[C@@H]2NC(=O)c1cc(C(=O)NCc2ccc3c(c2)CC(=O)CO3)nc2c(F)cnn12. The van der Waals surface area contributed by atoms with Gasteiger partial charge in [-0.1, -0.05) is 24.8 Å². The lowest BCUT2D eigenvalue weighted by atomic mass is 9.98. The average Bonchev–Trinajstić information content (AvgIpc) is 3.61. The monoisotopic (exact) mass is 597 g/mol. The quantitative estimate of drug-likeness (QED) is 0.233. The lowest BCUT2D eigenvalue weighted by Crippen LogP contribution is -2.31. The first-order valence-electron chi connectivity index (χ1n) is 14.0. The smallest absolute Gasteiger partial charge is 0.338 e. The lowest BCUT2D eigenvalue weighted by Gasteiger charge is -2.17. The maximum atomic E-state index is 14.6. The van der Waals surface area contributed by atoms with Crippen molar-refractivity contribution in [2.45, 2.75) is 38.8 Å². The number of rotatable bonds is 8. The molecule has 2 N–H and O–H groups in total. The Balaban J connectivity index is 1.21. The number of ether oxygens (including phenoxy) is 2. The number of hydrogen-bond donors (Lipinski definition) is 2. The van der Waals surface area contributed by atoms with E-state index in [1.807, 2.05) is 6.92 Å². The molecule has 12 heteroatoms. The van der Waals surface area contributed by atoms with Crippen LogP contribution < -0.4 is 15.4 Å². The fourth-order valence-electron chi connectivity index (χ4n) is 5.63. The third-order valence-corrected chi connectivity index (χ3v) is 7.80. The highest BCUT2D eigenvalue weighted by atomic mass is 19.1. The van der Waals surface area contributed by atoms with E-state index >= 15 is 0 Å². The minimum Gasteiger partial charge on any atom is -0.486 e. The predicted octanol–water partition coefficient (Wildman–Crippen LogP) is 3.37. The Hall–Kier alpha value is -5.39. The molecule has 0 radical (unpaired) electrons. The zero-order valence-electron chi connectivity index (χ0n) is 23.8. The molecule has 0 spiro atoms. The molecule has 0 fully saturated rings. The van der Waals surface area contributed by atoms with Crippen LogP contribution >= 0.6 is 0 Å². The summed E-state index contributed by atoms with van der Waals surface area (Å²) in [5.41, 5.74) is 4.02. The van der Waals surface area contributed by atoms with Gasteiger partial charge in [-0.3, -0.25) is 14.4 Å². The van der Waals surface area contributed by atoms with Gasteiger partial charge in [0.1, 0.15) is 30.4 Å². The van der Waals surface area contributed by atoms with Crippen molar-refractivity contribution < 1.29 is 33.0 Å². The number of hydrogen-bond acceptors (Lipinski definition) is 8. The van der Waals surface area contributed by atoms with Crippen LogP contribution in [0, 0.1) is 12.7 Å². The van der Waals surface area contributed by atoms with Gasteiger partial charge in [0.05, 0.1) is 17.8 Å². The van der Waals surface area contributed by atoms with Crippen LogP contribution in [0.3, 0.4) is 0 Å². The van der Waals surface area contributed by atoms with Gasteiger partial charge in [-0.15, -0.1) is 0 Å². The summed E-state index contributed by atoms with van der Waals surface area (Å²) in [6, 6.07) is 9.66. The van der Waals surface area contributed by atoms with Crippen molar-refractivity contribution in [3.63, 3.8) is 0 Å². The standard InChI is InChI=1S/C32H28FN5O6/c1-3-10-43-32(42)22-5-6-23-21(17(22)2)7-8-25(23)37-31(41)27-13-26(36-29-24(33)15-35-38(27)29)30(40)34-14-18-4-9-28-19(11-18)12-20(39)16-44-28/h3-6,9,11,13,15,25H,1,7-8,10,12,14,16H2,2H3,(H,34,40)(H,37,41)/t25-/m0/s1. The molecule has 4 aromatic rings. The van der Waals surface area contributed by atoms with Gasteiger partial charge in [0.2, 0.25) is 0 Å². The molecule has 1 atom stereocenters. The van der Waals surface area contributed by atoms with Crippen molar-refractivity contribution in [3.8, 4) is 5.75 Å². The summed E-state index contributed by atoms with van der Waals surface area (Å²) in [6.45, 7) is 5.65. The fourth-order valence-corrected chi connectivity index (χ4v) is 5.63. The summed E-state index contributed by atoms with van der Waals surface area (Å²) in [7, 11) is 0. The highest BCUT2D eigenvalue weighted by molar-refractivity contribution is 5.98. The fraction of sp³-hybridized carbons (Fsp3) is 0.250. The van der Waals surface area contributed by atoms with E-state index in [2.05, 4.69) is 27.3 Å². The Morgan fingerprint density at radius 2 is 2.05 bits per heavy atom. The Morgan fingerprint density at radius 3 is 2.86 bits per heavy atom. The number of nitrogens with one attached hydrogen (secondary N) is 2. The number of nitrogens with zero attached hydrogens (tertiary/aromatic N) is 3. The number of ketones is 1. The van der Waals surface area contributed by atoms with E-state index in [-0.39, 0.29) is 55.0 Å². The number of amides is 2. The third kappa shape index (κ3) is 5.41. The van der Waals surface area contributed by atoms with Gasteiger partial charge in [0.15, 0.2) is 17.2 Å².